The minimum atomic E-state index is -0.697. The van der Waals surface area contributed by atoms with Crippen molar-refractivity contribution in [3.05, 3.63) is 48.0 Å². The maximum absolute atomic E-state index is 13.4. The van der Waals surface area contributed by atoms with E-state index in [1.807, 2.05) is 44.3 Å². The van der Waals surface area contributed by atoms with Crippen LogP contribution in [0, 0.1) is 6.92 Å². The molecule has 2 N–H and O–H groups in total. The van der Waals surface area contributed by atoms with E-state index in [4.69, 9.17) is 4.52 Å². The Labute approximate surface area is 163 Å². The van der Waals surface area contributed by atoms with Gasteiger partial charge in [0.25, 0.3) is 11.8 Å². The van der Waals surface area contributed by atoms with Crippen LogP contribution in [0.4, 0.5) is 5.69 Å². The molecule has 3 aromatic rings. The third kappa shape index (κ3) is 3.31. The molecule has 1 aliphatic rings. The van der Waals surface area contributed by atoms with Crippen molar-refractivity contribution in [1.29, 1.82) is 0 Å². The van der Waals surface area contributed by atoms with Gasteiger partial charge in [-0.3, -0.25) is 9.48 Å². The lowest BCUT2D eigenvalue weighted by Gasteiger charge is -2.36. The van der Waals surface area contributed by atoms with Gasteiger partial charge < -0.3 is 15.2 Å². The van der Waals surface area contributed by atoms with Crippen molar-refractivity contribution in [2.45, 2.75) is 38.6 Å². The molecule has 0 radical (unpaired) electrons. The highest BCUT2D eigenvalue weighted by molar-refractivity contribution is 5.97. The number of nitrogens with one attached hydrogen (secondary N) is 2. The lowest BCUT2D eigenvalue weighted by Crippen LogP contribution is -2.52. The Morgan fingerprint density at radius 2 is 2.18 bits per heavy atom. The van der Waals surface area contributed by atoms with E-state index < -0.39 is 5.54 Å². The van der Waals surface area contributed by atoms with E-state index in [2.05, 4.69) is 25.9 Å². The van der Waals surface area contributed by atoms with Gasteiger partial charge in [0.15, 0.2) is 5.82 Å². The molecule has 0 bridgehead atoms. The summed E-state index contributed by atoms with van der Waals surface area (Å²) in [5.74, 6) is 1.06. The molecular weight excluding hydrogens is 356 g/mol. The van der Waals surface area contributed by atoms with Crippen molar-refractivity contribution in [1.82, 2.24) is 25.2 Å². The van der Waals surface area contributed by atoms with Crippen LogP contribution in [0.5, 0.6) is 0 Å². The first-order chi connectivity index (χ1) is 13.6. The van der Waals surface area contributed by atoms with E-state index in [0.717, 1.165) is 29.9 Å². The van der Waals surface area contributed by atoms with Crippen molar-refractivity contribution >= 4 is 11.6 Å². The van der Waals surface area contributed by atoms with Gasteiger partial charge in [-0.15, -0.1) is 0 Å². The van der Waals surface area contributed by atoms with Gasteiger partial charge in [0.05, 0.1) is 0 Å². The summed E-state index contributed by atoms with van der Waals surface area (Å²) in [7, 11) is 0. The molecule has 1 aromatic carbocycles. The number of piperidine rings is 1. The molecule has 8 heteroatoms. The summed E-state index contributed by atoms with van der Waals surface area (Å²) in [6, 6.07) is 7.61. The maximum atomic E-state index is 13.4. The molecule has 0 spiro atoms. The van der Waals surface area contributed by atoms with Crippen molar-refractivity contribution in [2.24, 2.45) is 0 Å². The summed E-state index contributed by atoms with van der Waals surface area (Å²) in [5.41, 5.74) is 1.80. The number of anilines is 1. The second-order valence-electron chi connectivity index (χ2n) is 7.09. The Morgan fingerprint density at radius 1 is 1.36 bits per heavy atom. The zero-order valence-electron chi connectivity index (χ0n) is 16.1. The Morgan fingerprint density at radius 3 is 2.86 bits per heavy atom. The highest BCUT2D eigenvalue weighted by Crippen LogP contribution is 2.31. The highest BCUT2D eigenvalue weighted by atomic mass is 16.5. The van der Waals surface area contributed by atoms with E-state index in [-0.39, 0.29) is 5.91 Å². The monoisotopic (exact) mass is 380 g/mol. The highest BCUT2D eigenvalue weighted by Gasteiger charge is 2.42. The van der Waals surface area contributed by atoms with Gasteiger partial charge in [-0.25, -0.2) is 0 Å². The van der Waals surface area contributed by atoms with E-state index in [9.17, 15) is 4.79 Å². The van der Waals surface area contributed by atoms with Crippen molar-refractivity contribution in [3.63, 3.8) is 0 Å². The molecule has 1 amide bonds. The normalized spacial score (nSPS) is 16.1. The first-order valence-electron chi connectivity index (χ1n) is 9.58. The molecule has 0 atom stereocenters. The van der Waals surface area contributed by atoms with Crippen molar-refractivity contribution in [3.8, 4) is 11.5 Å². The molecular formula is C20H24N6O2. The molecule has 146 valence electrons. The second kappa shape index (κ2) is 7.55. The molecule has 0 unspecified atom stereocenters. The number of hydrogen-bond acceptors (Lipinski definition) is 6. The summed E-state index contributed by atoms with van der Waals surface area (Å²) in [5, 5.41) is 14.8. The van der Waals surface area contributed by atoms with Gasteiger partial charge in [-0.05, 0) is 56.6 Å². The number of aryl methyl sites for hydroxylation is 2. The smallest absolute Gasteiger partial charge is 0.257 e. The molecule has 1 aliphatic heterocycles. The third-order valence-corrected chi connectivity index (χ3v) is 5.31. The minimum Gasteiger partial charge on any atom is -0.334 e. The second-order valence-corrected chi connectivity index (χ2v) is 7.09. The fourth-order valence-electron chi connectivity index (χ4n) is 3.57. The van der Waals surface area contributed by atoms with Gasteiger partial charge in [-0.2, -0.15) is 10.1 Å². The molecule has 0 aliphatic carbocycles. The molecule has 1 saturated heterocycles. The van der Waals surface area contributed by atoms with Gasteiger partial charge in [-0.1, -0.05) is 18.1 Å². The van der Waals surface area contributed by atoms with Crippen LogP contribution in [0.2, 0.25) is 0 Å². The predicted molar refractivity (Wildman–Crippen MR) is 105 cm³/mol. The van der Waals surface area contributed by atoms with Crippen LogP contribution >= 0.6 is 0 Å². The Balaban J connectivity index is 1.64. The summed E-state index contributed by atoms with van der Waals surface area (Å²) < 4.78 is 7.13. The van der Waals surface area contributed by atoms with Crippen LogP contribution in [0.3, 0.4) is 0 Å². The van der Waals surface area contributed by atoms with Crippen LogP contribution in [0.15, 0.2) is 41.2 Å². The minimum absolute atomic E-state index is 0.0577. The molecule has 8 nitrogen and oxygen atoms in total. The van der Waals surface area contributed by atoms with Gasteiger partial charge in [0, 0.05) is 30.1 Å². The fraction of sp³-hybridized carbons (Fsp3) is 0.400. The number of benzene rings is 1. The molecule has 0 saturated carbocycles. The average Bonchev–Trinajstić information content (AvgIpc) is 3.42. The standard InChI is InChI=1S/C20H24N6O2/c1-3-17-24-18(28-25-17)15-6-5-14(2)16(13-15)23-19(27)20(7-10-21-11-8-20)26-12-4-9-22-26/h4-6,9,12-13,21H,3,7-8,10-11H2,1-2H3,(H,23,27). The van der Waals surface area contributed by atoms with Crippen molar-refractivity contribution < 1.29 is 9.32 Å². The number of rotatable bonds is 5. The lowest BCUT2D eigenvalue weighted by atomic mass is 9.87. The van der Waals surface area contributed by atoms with Gasteiger partial charge in [0.2, 0.25) is 0 Å². The average molecular weight is 380 g/mol. The SMILES string of the molecule is CCc1noc(-c2ccc(C)c(NC(=O)C3(n4cccn4)CCNCC3)c2)n1. The Hall–Kier alpha value is -3.00. The molecule has 28 heavy (non-hydrogen) atoms. The summed E-state index contributed by atoms with van der Waals surface area (Å²) in [4.78, 5) is 17.8. The van der Waals surface area contributed by atoms with E-state index >= 15 is 0 Å². The molecule has 4 rings (SSSR count). The topological polar surface area (TPSA) is 97.9 Å². The van der Waals surface area contributed by atoms with Gasteiger partial charge >= 0.3 is 0 Å². The van der Waals surface area contributed by atoms with Crippen molar-refractivity contribution in [2.75, 3.05) is 18.4 Å². The van der Waals surface area contributed by atoms with E-state index in [1.54, 1.807) is 10.9 Å². The number of nitrogens with zero attached hydrogens (tertiary/aromatic N) is 4. The van der Waals surface area contributed by atoms with Crippen LogP contribution in [-0.2, 0) is 16.8 Å². The number of carbonyl (C=O) groups excluding carboxylic acids is 1. The van der Waals surface area contributed by atoms with Crippen LogP contribution in [-0.4, -0.2) is 38.9 Å². The van der Waals surface area contributed by atoms with Gasteiger partial charge in [0.1, 0.15) is 5.54 Å². The number of aromatic nitrogens is 4. The summed E-state index contributed by atoms with van der Waals surface area (Å²) in [6.07, 6.45) is 5.65. The van der Waals surface area contributed by atoms with E-state index in [1.165, 1.54) is 0 Å². The zero-order chi connectivity index (χ0) is 19.6. The molecule has 2 aromatic heterocycles. The Bertz CT molecular complexity index is 957. The molecule has 3 heterocycles. The summed E-state index contributed by atoms with van der Waals surface area (Å²) in [6.45, 7) is 5.49. The first kappa shape index (κ1) is 18.4. The number of amides is 1. The van der Waals surface area contributed by atoms with Crippen LogP contribution in [0.25, 0.3) is 11.5 Å². The first-order valence-corrected chi connectivity index (χ1v) is 9.58. The largest absolute Gasteiger partial charge is 0.334 e. The fourth-order valence-corrected chi connectivity index (χ4v) is 3.57. The number of carbonyl (C=O) groups is 1. The lowest BCUT2D eigenvalue weighted by molar-refractivity contribution is -0.126. The van der Waals surface area contributed by atoms with Crippen LogP contribution in [0.1, 0.15) is 31.2 Å². The van der Waals surface area contributed by atoms with Crippen LogP contribution < -0.4 is 10.6 Å². The number of hydrogen-bond donors (Lipinski definition) is 2. The third-order valence-electron chi connectivity index (χ3n) is 5.31. The molecule has 1 fully saturated rings. The predicted octanol–water partition coefficient (Wildman–Crippen LogP) is 2.52. The zero-order valence-corrected chi connectivity index (χ0v) is 16.1. The van der Waals surface area contributed by atoms with E-state index in [0.29, 0.717) is 31.0 Å². The summed E-state index contributed by atoms with van der Waals surface area (Å²) >= 11 is 0. The quantitative estimate of drug-likeness (QED) is 0.706. The Kier molecular flexibility index (Phi) is 4.95. The maximum Gasteiger partial charge on any atom is 0.257 e.